The molecule has 100 valence electrons. The van der Waals surface area contributed by atoms with Crippen molar-refractivity contribution in [3.05, 3.63) is 24.1 Å². The van der Waals surface area contributed by atoms with Crippen LogP contribution in [-0.2, 0) is 0 Å². The molecule has 18 heavy (non-hydrogen) atoms. The van der Waals surface area contributed by atoms with Crippen LogP contribution in [0.3, 0.4) is 0 Å². The molecule has 0 saturated carbocycles. The topological polar surface area (TPSA) is 66.5 Å². The Hall–Kier alpha value is -1.85. The normalized spacial score (nSPS) is 13.6. The van der Waals surface area contributed by atoms with Crippen LogP contribution in [0.4, 0.5) is 10.2 Å². The fourth-order valence-corrected chi connectivity index (χ4v) is 1.78. The molecule has 6 heteroatoms. The molecule has 0 amide bonds. The van der Waals surface area contributed by atoms with Crippen molar-refractivity contribution in [2.45, 2.75) is 33.0 Å². The van der Waals surface area contributed by atoms with Crippen molar-refractivity contribution in [2.24, 2.45) is 10.7 Å². The fraction of sp³-hybridized carbons (Fsp3) is 0.500. The van der Waals surface area contributed by atoms with Crippen molar-refractivity contribution >= 4 is 11.8 Å². The zero-order valence-electron chi connectivity index (χ0n) is 11.2. The van der Waals surface area contributed by atoms with Gasteiger partial charge in [0.15, 0.2) is 5.96 Å². The first-order valence-electron chi connectivity index (χ1n) is 5.84. The van der Waals surface area contributed by atoms with Gasteiger partial charge in [-0.25, -0.2) is 9.37 Å². The third-order valence-electron chi connectivity index (χ3n) is 2.55. The van der Waals surface area contributed by atoms with Gasteiger partial charge in [0.2, 0.25) is 0 Å². The lowest BCUT2D eigenvalue weighted by molar-refractivity contribution is 0.540. The number of nitrogens with zero attached hydrogens (tertiary/aromatic N) is 3. The van der Waals surface area contributed by atoms with Crippen LogP contribution in [0.25, 0.3) is 0 Å². The monoisotopic (exact) mass is 253 g/mol. The van der Waals surface area contributed by atoms with Gasteiger partial charge >= 0.3 is 0 Å². The molecule has 1 unspecified atom stereocenters. The summed E-state index contributed by atoms with van der Waals surface area (Å²) in [5, 5.41) is 3.04. The van der Waals surface area contributed by atoms with Gasteiger partial charge in [-0.1, -0.05) is 0 Å². The number of aromatic nitrogens is 1. The van der Waals surface area contributed by atoms with E-state index in [1.165, 1.54) is 12.3 Å². The van der Waals surface area contributed by atoms with Gasteiger partial charge in [0.1, 0.15) is 17.8 Å². The van der Waals surface area contributed by atoms with E-state index in [4.69, 9.17) is 5.73 Å². The minimum Gasteiger partial charge on any atom is -0.370 e. The minimum absolute atomic E-state index is 0.0911. The van der Waals surface area contributed by atoms with E-state index < -0.39 is 0 Å². The lowest BCUT2D eigenvalue weighted by atomic mass is 10.2. The Kier molecular flexibility index (Phi) is 4.88. The van der Waals surface area contributed by atoms with E-state index in [-0.39, 0.29) is 18.0 Å². The molecule has 1 atom stereocenters. The van der Waals surface area contributed by atoms with Gasteiger partial charge in [-0.2, -0.15) is 0 Å². The standard InChI is InChI=1S/C12H20FN5/c1-8(2)18(9(3)17-12(14)15-4)11-6-5-10(13)7-16-11/h5-9H,1-4H3,(H3,14,15,17). The summed E-state index contributed by atoms with van der Waals surface area (Å²) in [4.78, 5) is 9.94. The second-order valence-corrected chi connectivity index (χ2v) is 4.26. The predicted molar refractivity (Wildman–Crippen MR) is 72.0 cm³/mol. The van der Waals surface area contributed by atoms with Crippen molar-refractivity contribution in [1.29, 1.82) is 0 Å². The molecule has 5 nitrogen and oxygen atoms in total. The zero-order chi connectivity index (χ0) is 13.7. The average molecular weight is 253 g/mol. The molecule has 1 aromatic heterocycles. The second-order valence-electron chi connectivity index (χ2n) is 4.26. The summed E-state index contributed by atoms with van der Waals surface area (Å²) in [5.41, 5.74) is 5.65. The van der Waals surface area contributed by atoms with Gasteiger partial charge in [-0.3, -0.25) is 4.99 Å². The number of hydrogen-bond donors (Lipinski definition) is 2. The molecule has 0 radical (unpaired) electrons. The highest BCUT2D eigenvalue weighted by Crippen LogP contribution is 2.16. The number of nitrogens with two attached hydrogens (primary N) is 1. The Morgan fingerprint density at radius 3 is 2.56 bits per heavy atom. The first-order valence-corrected chi connectivity index (χ1v) is 5.84. The highest BCUT2D eigenvalue weighted by Gasteiger charge is 2.19. The molecule has 1 rings (SSSR count). The van der Waals surface area contributed by atoms with Gasteiger partial charge in [-0.15, -0.1) is 0 Å². The van der Waals surface area contributed by atoms with E-state index in [0.717, 1.165) is 0 Å². The van der Waals surface area contributed by atoms with E-state index in [0.29, 0.717) is 11.8 Å². The van der Waals surface area contributed by atoms with E-state index in [1.807, 2.05) is 25.7 Å². The van der Waals surface area contributed by atoms with Crippen LogP contribution in [0, 0.1) is 5.82 Å². The third kappa shape index (κ3) is 3.58. The maximum absolute atomic E-state index is 12.9. The van der Waals surface area contributed by atoms with Gasteiger partial charge in [0.25, 0.3) is 0 Å². The predicted octanol–water partition coefficient (Wildman–Crippen LogP) is 1.32. The molecule has 0 aliphatic carbocycles. The Labute approximate surface area is 107 Å². The smallest absolute Gasteiger partial charge is 0.189 e. The first kappa shape index (κ1) is 14.2. The maximum atomic E-state index is 12.9. The van der Waals surface area contributed by atoms with Crippen LogP contribution in [-0.4, -0.2) is 30.2 Å². The molecule has 1 aromatic rings. The molecule has 0 aliphatic rings. The summed E-state index contributed by atoms with van der Waals surface area (Å²) in [6.45, 7) is 6.01. The number of nitrogens with one attached hydrogen (secondary N) is 1. The number of hydrogen-bond acceptors (Lipinski definition) is 3. The molecular weight excluding hydrogens is 233 g/mol. The Morgan fingerprint density at radius 2 is 2.11 bits per heavy atom. The van der Waals surface area contributed by atoms with Crippen LogP contribution >= 0.6 is 0 Å². The molecule has 0 spiro atoms. The van der Waals surface area contributed by atoms with Crippen molar-refractivity contribution < 1.29 is 4.39 Å². The zero-order valence-corrected chi connectivity index (χ0v) is 11.2. The second kappa shape index (κ2) is 6.18. The van der Waals surface area contributed by atoms with Crippen LogP contribution in [0.1, 0.15) is 20.8 Å². The largest absolute Gasteiger partial charge is 0.370 e. The molecule has 0 aliphatic heterocycles. The van der Waals surface area contributed by atoms with E-state index >= 15 is 0 Å². The van der Waals surface area contributed by atoms with Crippen molar-refractivity contribution in [1.82, 2.24) is 10.3 Å². The molecular formula is C12H20FN5. The molecule has 0 fully saturated rings. The maximum Gasteiger partial charge on any atom is 0.189 e. The molecule has 0 bridgehead atoms. The number of rotatable bonds is 4. The number of guanidine groups is 1. The Morgan fingerprint density at radius 1 is 1.44 bits per heavy atom. The lowest BCUT2D eigenvalue weighted by Gasteiger charge is -2.34. The van der Waals surface area contributed by atoms with Crippen molar-refractivity contribution in [2.75, 3.05) is 11.9 Å². The van der Waals surface area contributed by atoms with Gasteiger partial charge in [-0.05, 0) is 32.9 Å². The fourth-order valence-electron chi connectivity index (χ4n) is 1.78. The number of pyridine rings is 1. The van der Waals surface area contributed by atoms with Crippen LogP contribution in [0.15, 0.2) is 23.3 Å². The highest BCUT2D eigenvalue weighted by molar-refractivity contribution is 5.78. The van der Waals surface area contributed by atoms with Crippen molar-refractivity contribution in [3.63, 3.8) is 0 Å². The van der Waals surface area contributed by atoms with E-state index in [1.54, 1.807) is 13.1 Å². The minimum atomic E-state index is -0.349. The van der Waals surface area contributed by atoms with E-state index in [9.17, 15) is 4.39 Å². The summed E-state index contributed by atoms with van der Waals surface area (Å²) < 4.78 is 12.9. The molecule has 1 heterocycles. The number of anilines is 1. The first-order chi connectivity index (χ1) is 8.45. The van der Waals surface area contributed by atoms with Crippen LogP contribution in [0.5, 0.6) is 0 Å². The van der Waals surface area contributed by atoms with Gasteiger partial charge in [0.05, 0.1) is 6.20 Å². The Balaban J connectivity index is 2.92. The average Bonchev–Trinajstić information content (AvgIpc) is 2.31. The third-order valence-corrected chi connectivity index (χ3v) is 2.55. The number of aliphatic imine (C=N–C) groups is 1. The van der Waals surface area contributed by atoms with E-state index in [2.05, 4.69) is 15.3 Å². The highest BCUT2D eigenvalue weighted by atomic mass is 19.1. The summed E-state index contributed by atoms with van der Waals surface area (Å²) in [6, 6.07) is 3.23. The molecule has 3 N–H and O–H groups in total. The Bertz CT molecular complexity index is 401. The summed E-state index contributed by atoms with van der Waals surface area (Å²) in [7, 11) is 1.62. The lowest BCUT2D eigenvalue weighted by Crippen LogP contribution is -2.52. The van der Waals surface area contributed by atoms with Gasteiger partial charge < -0.3 is 16.0 Å². The van der Waals surface area contributed by atoms with Crippen LogP contribution in [0.2, 0.25) is 0 Å². The van der Waals surface area contributed by atoms with Crippen LogP contribution < -0.4 is 16.0 Å². The summed E-state index contributed by atoms with van der Waals surface area (Å²) in [5.74, 6) is 0.697. The van der Waals surface area contributed by atoms with Gasteiger partial charge in [0, 0.05) is 13.1 Å². The summed E-state index contributed by atoms with van der Waals surface area (Å²) >= 11 is 0. The number of halogens is 1. The summed E-state index contributed by atoms with van der Waals surface area (Å²) in [6.07, 6.45) is 1.11. The van der Waals surface area contributed by atoms with Crippen molar-refractivity contribution in [3.8, 4) is 0 Å². The molecule has 0 saturated heterocycles. The molecule has 0 aromatic carbocycles. The quantitative estimate of drug-likeness (QED) is 0.482. The SMILES string of the molecule is CN=C(N)NC(C)N(c1ccc(F)cn1)C(C)C.